The van der Waals surface area contributed by atoms with Crippen LogP contribution in [0.3, 0.4) is 0 Å². The molecule has 18 heavy (non-hydrogen) atoms. The summed E-state index contributed by atoms with van der Waals surface area (Å²) in [7, 11) is 0. The van der Waals surface area contributed by atoms with Crippen LogP contribution in [0.5, 0.6) is 11.5 Å². The molecule has 1 aliphatic rings. The molecule has 100 valence electrons. The van der Waals surface area contributed by atoms with E-state index in [4.69, 9.17) is 14.6 Å². The van der Waals surface area contributed by atoms with Gasteiger partial charge >= 0.3 is 0 Å². The lowest BCUT2D eigenvalue weighted by Gasteiger charge is -2.33. The molecule has 1 aliphatic heterocycles. The third kappa shape index (κ3) is 3.15. The van der Waals surface area contributed by atoms with E-state index in [0.29, 0.717) is 19.2 Å². The summed E-state index contributed by atoms with van der Waals surface area (Å²) in [6.07, 6.45) is 0.0221. The molecule has 2 rings (SSSR count). The molecule has 4 heteroatoms. The molecule has 0 aliphatic carbocycles. The Morgan fingerprint density at radius 3 is 2.72 bits per heavy atom. The van der Waals surface area contributed by atoms with Crippen molar-refractivity contribution < 1.29 is 14.6 Å². The summed E-state index contributed by atoms with van der Waals surface area (Å²) in [6.45, 7) is 6.40. The third-order valence-corrected chi connectivity index (χ3v) is 3.12. The molecule has 1 heterocycles. The quantitative estimate of drug-likeness (QED) is 0.861. The molecular formula is C14H21NO3. The number of aliphatic hydroxyl groups excluding tert-OH is 1. The van der Waals surface area contributed by atoms with Gasteiger partial charge in [0.25, 0.3) is 0 Å². The Labute approximate surface area is 108 Å². The van der Waals surface area contributed by atoms with Gasteiger partial charge in [-0.15, -0.1) is 0 Å². The molecule has 0 fully saturated rings. The number of rotatable bonds is 5. The minimum absolute atomic E-state index is 0.0221. The molecule has 0 saturated carbocycles. The lowest BCUT2D eigenvalue weighted by atomic mass is 10.2. The molecule has 0 unspecified atom stereocenters. The zero-order chi connectivity index (χ0) is 13.0. The van der Waals surface area contributed by atoms with Crippen molar-refractivity contribution in [3.63, 3.8) is 0 Å². The lowest BCUT2D eigenvalue weighted by Crippen LogP contribution is -2.44. The smallest absolute Gasteiger partial charge is 0.161 e. The number of hydrogen-bond donors (Lipinski definition) is 1. The average molecular weight is 251 g/mol. The van der Waals surface area contributed by atoms with Gasteiger partial charge in [0.2, 0.25) is 0 Å². The standard InChI is InChI=1S/C14H21NO3/c1-11(2)15(7-8-16)9-12-10-17-13-5-3-4-6-14(13)18-12/h3-6,11-12,16H,7-10H2,1-2H3/t12-/m0/s1. The van der Waals surface area contributed by atoms with Crippen LogP contribution in [0, 0.1) is 0 Å². The van der Waals surface area contributed by atoms with Crippen molar-refractivity contribution in [3.8, 4) is 11.5 Å². The minimum Gasteiger partial charge on any atom is -0.486 e. The monoisotopic (exact) mass is 251 g/mol. The van der Waals surface area contributed by atoms with Gasteiger partial charge in [0.15, 0.2) is 11.5 Å². The largest absolute Gasteiger partial charge is 0.486 e. The van der Waals surface area contributed by atoms with Gasteiger partial charge < -0.3 is 14.6 Å². The first kappa shape index (κ1) is 13.2. The van der Waals surface area contributed by atoms with Crippen molar-refractivity contribution in [3.05, 3.63) is 24.3 Å². The second-order valence-electron chi connectivity index (χ2n) is 4.81. The summed E-state index contributed by atoms with van der Waals surface area (Å²) in [5, 5.41) is 9.06. The van der Waals surface area contributed by atoms with Crippen molar-refractivity contribution in [2.24, 2.45) is 0 Å². The Hall–Kier alpha value is -1.26. The second kappa shape index (κ2) is 6.07. The van der Waals surface area contributed by atoms with E-state index in [2.05, 4.69) is 18.7 Å². The fourth-order valence-electron chi connectivity index (χ4n) is 2.10. The molecule has 1 aromatic rings. The van der Waals surface area contributed by atoms with E-state index in [9.17, 15) is 0 Å². The fraction of sp³-hybridized carbons (Fsp3) is 0.571. The molecule has 0 radical (unpaired) electrons. The highest BCUT2D eigenvalue weighted by atomic mass is 16.6. The predicted octanol–water partition coefficient (Wildman–Crippen LogP) is 1.53. The first-order valence-corrected chi connectivity index (χ1v) is 6.44. The van der Waals surface area contributed by atoms with Crippen molar-refractivity contribution in [1.82, 2.24) is 4.90 Å². The number of ether oxygens (including phenoxy) is 2. The minimum atomic E-state index is 0.0221. The van der Waals surface area contributed by atoms with Gasteiger partial charge in [-0.2, -0.15) is 0 Å². The maximum atomic E-state index is 9.06. The molecule has 1 aromatic carbocycles. The summed E-state index contributed by atoms with van der Waals surface area (Å²) in [5.41, 5.74) is 0. The van der Waals surface area contributed by atoms with Gasteiger partial charge in [0.05, 0.1) is 6.61 Å². The number of hydrogen-bond acceptors (Lipinski definition) is 4. The van der Waals surface area contributed by atoms with Crippen LogP contribution in [0.15, 0.2) is 24.3 Å². The van der Waals surface area contributed by atoms with E-state index in [1.165, 1.54) is 0 Å². The SMILES string of the molecule is CC(C)N(CCO)C[C@H]1COc2ccccc2O1. The summed E-state index contributed by atoms with van der Waals surface area (Å²) >= 11 is 0. The average Bonchev–Trinajstić information content (AvgIpc) is 2.38. The third-order valence-electron chi connectivity index (χ3n) is 3.12. The number of nitrogens with zero attached hydrogens (tertiary/aromatic N) is 1. The van der Waals surface area contributed by atoms with Crippen LogP contribution in [0.4, 0.5) is 0 Å². The Bertz CT molecular complexity index is 381. The zero-order valence-electron chi connectivity index (χ0n) is 11.0. The van der Waals surface area contributed by atoms with Gasteiger partial charge in [-0.1, -0.05) is 12.1 Å². The predicted molar refractivity (Wildman–Crippen MR) is 70.1 cm³/mol. The summed E-state index contributed by atoms with van der Waals surface area (Å²) < 4.78 is 11.6. The molecule has 0 spiro atoms. The van der Waals surface area contributed by atoms with E-state index < -0.39 is 0 Å². The lowest BCUT2D eigenvalue weighted by molar-refractivity contribution is 0.0436. The summed E-state index contributed by atoms with van der Waals surface area (Å²) in [6, 6.07) is 8.11. The fourth-order valence-corrected chi connectivity index (χ4v) is 2.10. The van der Waals surface area contributed by atoms with Crippen LogP contribution in [-0.2, 0) is 0 Å². The highest BCUT2D eigenvalue weighted by molar-refractivity contribution is 5.40. The second-order valence-corrected chi connectivity index (χ2v) is 4.81. The van der Waals surface area contributed by atoms with Crippen molar-refractivity contribution in [1.29, 1.82) is 0 Å². The number of aliphatic hydroxyl groups is 1. The van der Waals surface area contributed by atoms with Gasteiger partial charge in [0, 0.05) is 19.1 Å². The van der Waals surface area contributed by atoms with E-state index in [0.717, 1.165) is 18.0 Å². The van der Waals surface area contributed by atoms with E-state index >= 15 is 0 Å². The van der Waals surface area contributed by atoms with Crippen LogP contribution < -0.4 is 9.47 Å². The maximum absolute atomic E-state index is 9.06. The Kier molecular flexibility index (Phi) is 4.44. The summed E-state index contributed by atoms with van der Waals surface area (Å²) in [4.78, 5) is 2.20. The molecule has 4 nitrogen and oxygen atoms in total. The Balaban J connectivity index is 1.96. The van der Waals surface area contributed by atoms with Crippen LogP contribution in [0.2, 0.25) is 0 Å². The van der Waals surface area contributed by atoms with E-state index in [1.54, 1.807) is 0 Å². The highest BCUT2D eigenvalue weighted by Crippen LogP contribution is 2.31. The Morgan fingerprint density at radius 2 is 2.06 bits per heavy atom. The van der Waals surface area contributed by atoms with Crippen molar-refractivity contribution in [2.45, 2.75) is 26.0 Å². The van der Waals surface area contributed by atoms with Crippen LogP contribution in [0.1, 0.15) is 13.8 Å². The number of fused-ring (bicyclic) bond motifs is 1. The molecular weight excluding hydrogens is 230 g/mol. The first-order chi connectivity index (χ1) is 8.70. The molecule has 0 saturated heterocycles. The molecule has 0 bridgehead atoms. The van der Waals surface area contributed by atoms with E-state index in [1.807, 2.05) is 24.3 Å². The molecule has 0 amide bonds. The van der Waals surface area contributed by atoms with Crippen LogP contribution in [0.25, 0.3) is 0 Å². The molecule has 0 aromatic heterocycles. The summed E-state index contributed by atoms with van der Waals surface area (Å²) in [5.74, 6) is 1.62. The highest BCUT2D eigenvalue weighted by Gasteiger charge is 2.23. The van der Waals surface area contributed by atoms with Crippen LogP contribution >= 0.6 is 0 Å². The number of para-hydroxylation sites is 2. The van der Waals surface area contributed by atoms with Gasteiger partial charge in [-0.25, -0.2) is 0 Å². The van der Waals surface area contributed by atoms with Gasteiger partial charge in [0.1, 0.15) is 12.7 Å². The Morgan fingerprint density at radius 1 is 1.33 bits per heavy atom. The maximum Gasteiger partial charge on any atom is 0.161 e. The molecule has 1 N–H and O–H groups in total. The van der Waals surface area contributed by atoms with Gasteiger partial charge in [-0.05, 0) is 26.0 Å². The zero-order valence-corrected chi connectivity index (χ0v) is 11.0. The van der Waals surface area contributed by atoms with E-state index in [-0.39, 0.29) is 12.7 Å². The molecule has 1 atom stereocenters. The first-order valence-electron chi connectivity index (χ1n) is 6.44. The normalized spacial score (nSPS) is 18.4. The van der Waals surface area contributed by atoms with Gasteiger partial charge in [-0.3, -0.25) is 4.90 Å². The number of benzene rings is 1. The van der Waals surface area contributed by atoms with Crippen molar-refractivity contribution >= 4 is 0 Å². The van der Waals surface area contributed by atoms with Crippen molar-refractivity contribution in [2.75, 3.05) is 26.3 Å². The topological polar surface area (TPSA) is 41.9 Å². The van der Waals surface area contributed by atoms with Crippen LogP contribution in [-0.4, -0.2) is 48.5 Å².